The third-order valence-corrected chi connectivity index (χ3v) is 8.18. The first-order chi connectivity index (χ1) is 18.9. The van der Waals surface area contributed by atoms with Gasteiger partial charge >= 0.3 is 0 Å². The molecule has 3 aromatic carbocycles. The molecule has 9 heteroatoms. The van der Waals surface area contributed by atoms with E-state index in [2.05, 4.69) is 5.32 Å². The highest BCUT2D eigenvalue weighted by Gasteiger charge is 2.33. The summed E-state index contributed by atoms with van der Waals surface area (Å²) in [6, 6.07) is 21.0. The monoisotopic (exact) mass is 583 g/mol. The summed E-state index contributed by atoms with van der Waals surface area (Å²) in [6.07, 6.45) is 2.07. The molecular formula is C31H38ClN3O4S. The van der Waals surface area contributed by atoms with Crippen LogP contribution in [0.15, 0.2) is 72.8 Å². The van der Waals surface area contributed by atoms with Crippen molar-refractivity contribution in [3.05, 3.63) is 100 Å². The minimum Gasteiger partial charge on any atom is -0.352 e. The first-order valence-electron chi connectivity index (χ1n) is 13.3. The highest BCUT2D eigenvalue weighted by molar-refractivity contribution is 7.92. The molecule has 0 aliphatic heterocycles. The number of aryl methyl sites for hydroxylation is 2. The van der Waals surface area contributed by atoms with Crippen LogP contribution in [0.3, 0.4) is 0 Å². The first kappa shape index (κ1) is 31.2. The molecule has 2 amide bonds. The van der Waals surface area contributed by atoms with Gasteiger partial charge in [-0.3, -0.25) is 13.9 Å². The molecular weight excluding hydrogens is 546 g/mol. The van der Waals surface area contributed by atoms with E-state index in [1.807, 2.05) is 76.2 Å². The minimum atomic E-state index is -3.83. The van der Waals surface area contributed by atoms with Crippen molar-refractivity contribution in [2.75, 3.05) is 17.1 Å². The number of sulfonamides is 1. The fourth-order valence-electron chi connectivity index (χ4n) is 4.51. The number of halogens is 1. The molecule has 214 valence electrons. The van der Waals surface area contributed by atoms with E-state index < -0.39 is 28.5 Å². The smallest absolute Gasteiger partial charge is 0.244 e. The fraction of sp³-hybridized carbons (Fsp3) is 0.355. The Morgan fingerprint density at radius 1 is 0.950 bits per heavy atom. The van der Waals surface area contributed by atoms with Crippen LogP contribution in [0.2, 0.25) is 5.02 Å². The Labute approximate surface area is 243 Å². The normalized spacial score (nSPS) is 12.8. The molecule has 3 aromatic rings. The summed E-state index contributed by atoms with van der Waals surface area (Å²) in [7, 11) is -3.83. The lowest BCUT2D eigenvalue weighted by Gasteiger charge is -2.34. The quantitative estimate of drug-likeness (QED) is 0.314. The van der Waals surface area contributed by atoms with Crippen LogP contribution in [0.25, 0.3) is 0 Å². The Hall–Kier alpha value is -3.36. The molecule has 0 heterocycles. The molecule has 0 saturated carbocycles. The van der Waals surface area contributed by atoms with Crippen LogP contribution < -0.4 is 9.62 Å². The summed E-state index contributed by atoms with van der Waals surface area (Å²) in [4.78, 5) is 29.3. The van der Waals surface area contributed by atoms with E-state index in [1.165, 1.54) is 4.90 Å². The van der Waals surface area contributed by atoms with Crippen LogP contribution in [0.1, 0.15) is 42.5 Å². The topological polar surface area (TPSA) is 86.8 Å². The summed E-state index contributed by atoms with van der Waals surface area (Å²) in [5, 5.41) is 3.52. The molecule has 40 heavy (non-hydrogen) atoms. The first-order valence-corrected chi connectivity index (χ1v) is 15.5. The Kier molecular flexibility index (Phi) is 10.8. The van der Waals surface area contributed by atoms with Crippen molar-refractivity contribution in [1.29, 1.82) is 0 Å². The third-order valence-electron chi connectivity index (χ3n) is 6.81. The second-order valence-corrected chi connectivity index (χ2v) is 12.6. The Morgan fingerprint density at radius 3 is 2.23 bits per heavy atom. The van der Waals surface area contributed by atoms with Crippen molar-refractivity contribution >= 4 is 39.1 Å². The van der Waals surface area contributed by atoms with Crippen LogP contribution in [-0.4, -0.2) is 50.0 Å². The number of hydrogen-bond donors (Lipinski definition) is 1. The van der Waals surface area contributed by atoms with Crippen molar-refractivity contribution < 1.29 is 18.0 Å². The molecule has 7 nitrogen and oxygen atoms in total. The molecule has 0 saturated heterocycles. The molecule has 3 rings (SSSR count). The van der Waals surface area contributed by atoms with Crippen LogP contribution in [0, 0.1) is 13.8 Å². The van der Waals surface area contributed by atoms with Crippen LogP contribution >= 0.6 is 11.6 Å². The highest BCUT2D eigenvalue weighted by atomic mass is 35.5. The number of carbonyl (C=O) groups is 2. The van der Waals surface area contributed by atoms with E-state index in [-0.39, 0.29) is 24.9 Å². The molecule has 0 bridgehead atoms. The van der Waals surface area contributed by atoms with Crippen molar-refractivity contribution in [2.24, 2.45) is 0 Å². The second-order valence-electron chi connectivity index (χ2n) is 10.2. The van der Waals surface area contributed by atoms with Gasteiger partial charge in [0, 0.05) is 24.0 Å². The maximum Gasteiger partial charge on any atom is 0.244 e. The standard InChI is InChI=1S/C31H38ClN3O4S/c1-6-24(4)33-31(37)29(19-25-11-8-7-9-12-25)34(20-26-13-10-14-27(32)18-26)30(36)21-35(40(5,38)39)28-16-15-22(2)17-23(28)3/h7-18,24,29H,6,19-21H2,1-5H3,(H,33,37)/t24-,29+/m0/s1. The number of carbonyl (C=O) groups excluding carboxylic acids is 2. The van der Waals surface area contributed by atoms with Gasteiger partial charge in [0.2, 0.25) is 21.8 Å². The van der Waals surface area contributed by atoms with E-state index in [1.54, 1.807) is 24.3 Å². The van der Waals surface area contributed by atoms with Gasteiger partial charge in [-0.1, -0.05) is 78.7 Å². The summed E-state index contributed by atoms with van der Waals surface area (Å²) in [6.45, 7) is 7.24. The summed E-state index contributed by atoms with van der Waals surface area (Å²) in [5.41, 5.74) is 3.74. The van der Waals surface area contributed by atoms with Crippen LogP contribution in [0.5, 0.6) is 0 Å². The zero-order chi connectivity index (χ0) is 29.4. The summed E-state index contributed by atoms with van der Waals surface area (Å²) >= 11 is 6.25. The molecule has 0 aliphatic carbocycles. The van der Waals surface area contributed by atoms with Gasteiger partial charge in [-0.05, 0) is 62.1 Å². The maximum absolute atomic E-state index is 14.1. The number of rotatable bonds is 12. The zero-order valence-electron chi connectivity index (χ0n) is 23.7. The van der Waals surface area contributed by atoms with Gasteiger partial charge in [0.15, 0.2) is 0 Å². The summed E-state index contributed by atoms with van der Waals surface area (Å²) in [5.74, 6) is -0.795. The largest absolute Gasteiger partial charge is 0.352 e. The van der Waals surface area contributed by atoms with Crippen LogP contribution in [-0.2, 0) is 32.6 Å². The van der Waals surface area contributed by atoms with Gasteiger partial charge in [0.05, 0.1) is 11.9 Å². The number of nitrogens with one attached hydrogen (secondary N) is 1. The minimum absolute atomic E-state index is 0.0787. The molecule has 2 atom stereocenters. The molecule has 0 aliphatic rings. The molecule has 0 aromatic heterocycles. The van der Waals surface area contributed by atoms with Gasteiger partial charge in [0.25, 0.3) is 0 Å². The number of nitrogens with zero attached hydrogens (tertiary/aromatic N) is 2. The predicted octanol–water partition coefficient (Wildman–Crippen LogP) is 5.28. The Morgan fingerprint density at radius 2 is 1.62 bits per heavy atom. The van der Waals surface area contributed by atoms with Crippen LogP contribution in [0.4, 0.5) is 5.69 Å². The fourth-order valence-corrected chi connectivity index (χ4v) is 5.63. The van der Waals surface area contributed by atoms with Gasteiger partial charge in [-0.2, -0.15) is 0 Å². The van der Waals surface area contributed by atoms with E-state index >= 15 is 0 Å². The van der Waals surface area contributed by atoms with E-state index in [0.29, 0.717) is 10.7 Å². The van der Waals surface area contributed by atoms with Gasteiger partial charge in [-0.15, -0.1) is 0 Å². The van der Waals surface area contributed by atoms with Crippen molar-refractivity contribution in [2.45, 2.75) is 59.2 Å². The number of amides is 2. The van der Waals surface area contributed by atoms with E-state index in [4.69, 9.17) is 11.6 Å². The maximum atomic E-state index is 14.1. The Balaban J connectivity index is 2.08. The average Bonchev–Trinajstić information content (AvgIpc) is 2.89. The van der Waals surface area contributed by atoms with E-state index in [0.717, 1.165) is 39.2 Å². The SMILES string of the molecule is CC[C@H](C)NC(=O)[C@@H](Cc1ccccc1)N(Cc1cccc(Cl)c1)C(=O)CN(c1ccc(C)cc1C)S(C)(=O)=O. The van der Waals surface area contributed by atoms with Crippen molar-refractivity contribution in [3.63, 3.8) is 0 Å². The van der Waals surface area contributed by atoms with Gasteiger partial charge < -0.3 is 10.2 Å². The molecule has 0 fully saturated rings. The number of anilines is 1. The lowest BCUT2D eigenvalue weighted by Crippen LogP contribution is -2.54. The number of benzene rings is 3. The Bertz CT molecular complexity index is 1430. The van der Waals surface area contributed by atoms with Crippen molar-refractivity contribution in [3.8, 4) is 0 Å². The molecule has 0 spiro atoms. The van der Waals surface area contributed by atoms with E-state index in [9.17, 15) is 18.0 Å². The lowest BCUT2D eigenvalue weighted by molar-refractivity contribution is -0.140. The third kappa shape index (κ3) is 8.57. The average molecular weight is 584 g/mol. The molecule has 1 N–H and O–H groups in total. The van der Waals surface area contributed by atoms with Gasteiger partial charge in [0.1, 0.15) is 12.6 Å². The lowest BCUT2D eigenvalue weighted by atomic mass is 10.0. The zero-order valence-corrected chi connectivity index (χ0v) is 25.3. The summed E-state index contributed by atoms with van der Waals surface area (Å²) < 4.78 is 27.0. The van der Waals surface area contributed by atoms with Crippen molar-refractivity contribution in [1.82, 2.24) is 10.2 Å². The molecule has 0 radical (unpaired) electrons. The highest BCUT2D eigenvalue weighted by Crippen LogP contribution is 2.25. The van der Waals surface area contributed by atoms with Gasteiger partial charge in [-0.25, -0.2) is 8.42 Å². The molecule has 0 unspecified atom stereocenters. The second kappa shape index (κ2) is 13.8. The predicted molar refractivity (Wildman–Crippen MR) is 162 cm³/mol. The number of hydrogen-bond acceptors (Lipinski definition) is 4.